The molecule has 0 saturated heterocycles. The van der Waals surface area contributed by atoms with Gasteiger partial charge in [0.1, 0.15) is 16.9 Å². The topological polar surface area (TPSA) is 159 Å². The van der Waals surface area contributed by atoms with Gasteiger partial charge >= 0.3 is 17.9 Å². The summed E-state index contributed by atoms with van der Waals surface area (Å²) in [4.78, 5) is 35.0. The number of aromatic carboxylic acids is 2. The fourth-order valence-corrected chi connectivity index (χ4v) is 3.28. The highest BCUT2D eigenvalue weighted by Crippen LogP contribution is 2.26. The lowest BCUT2D eigenvalue weighted by Gasteiger charge is -2.15. The molecule has 3 aromatic rings. The first-order valence-electron chi connectivity index (χ1n) is 11.3. The summed E-state index contributed by atoms with van der Waals surface area (Å²) in [5.74, 6) is -3.40. The minimum atomic E-state index is -1.39. The molecule has 3 aromatic carbocycles. The van der Waals surface area contributed by atoms with Gasteiger partial charge in [-0.3, -0.25) is 4.79 Å². The zero-order valence-corrected chi connectivity index (χ0v) is 19.8. The standard InChI is InChI=1S/C27H23N3O7/c1-17(4-2-7-24(31)37-25-22(26(32)33)5-3-6-23(25)27(34)35)36-21-14-12-20(13-15-21)30-29-19-10-8-18(16-28)9-11-19/h3,5-6,8-15,17H,2,4,7H2,1H3,(H,32,33)(H,34,35). The molecule has 1 atom stereocenters. The smallest absolute Gasteiger partial charge is 0.339 e. The second kappa shape index (κ2) is 12.6. The highest BCUT2D eigenvalue weighted by molar-refractivity contribution is 5.99. The molecule has 0 aliphatic rings. The van der Waals surface area contributed by atoms with Crippen LogP contribution in [0, 0.1) is 11.3 Å². The Balaban J connectivity index is 1.48. The first-order chi connectivity index (χ1) is 17.8. The summed E-state index contributed by atoms with van der Waals surface area (Å²) in [6, 6.07) is 19.4. The van der Waals surface area contributed by atoms with Crippen LogP contribution in [-0.4, -0.2) is 34.2 Å². The summed E-state index contributed by atoms with van der Waals surface area (Å²) in [6.07, 6.45) is 0.603. The number of carboxylic acid groups (broad SMARTS) is 2. The molecule has 10 heteroatoms. The molecule has 0 saturated carbocycles. The van der Waals surface area contributed by atoms with Crippen molar-refractivity contribution in [2.75, 3.05) is 0 Å². The quantitative estimate of drug-likeness (QED) is 0.186. The third kappa shape index (κ3) is 7.73. The molecule has 3 rings (SSSR count). The molecule has 0 radical (unpaired) electrons. The van der Waals surface area contributed by atoms with Gasteiger partial charge in [-0.05, 0) is 80.4 Å². The molecule has 0 bridgehead atoms. The van der Waals surface area contributed by atoms with E-state index in [1.54, 1.807) is 48.5 Å². The van der Waals surface area contributed by atoms with Crippen LogP contribution < -0.4 is 9.47 Å². The van der Waals surface area contributed by atoms with E-state index in [0.29, 0.717) is 35.5 Å². The van der Waals surface area contributed by atoms with E-state index in [1.807, 2.05) is 13.0 Å². The number of carboxylic acids is 2. The minimum absolute atomic E-state index is 0.0462. The summed E-state index contributed by atoms with van der Waals surface area (Å²) in [5, 5.41) is 35.6. The van der Waals surface area contributed by atoms with Crippen LogP contribution in [0.3, 0.4) is 0 Å². The maximum atomic E-state index is 12.3. The minimum Gasteiger partial charge on any atom is -0.491 e. The maximum Gasteiger partial charge on any atom is 0.339 e. The highest BCUT2D eigenvalue weighted by Gasteiger charge is 2.22. The zero-order valence-electron chi connectivity index (χ0n) is 19.8. The molecule has 0 heterocycles. The number of azo groups is 1. The fourth-order valence-electron chi connectivity index (χ4n) is 3.28. The average molecular weight is 501 g/mol. The number of carbonyl (C=O) groups excluding carboxylic acids is 1. The molecule has 0 aliphatic heterocycles. The van der Waals surface area contributed by atoms with E-state index in [-0.39, 0.29) is 12.5 Å². The first kappa shape index (κ1) is 26.6. The Hall–Kier alpha value is -5.04. The predicted octanol–water partition coefficient (Wildman–Crippen LogP) is 5.91. The van der Waals surface area contributed by atoms with Crippen LogP contribution in [0.4, 0.5) is 11.4 Å². The molecule has 0 aromatic heterocycles. The summed E-state index contributed by atoms with van der Waals surface area (Å²) in [6.45, 7) is 1.84. The van der Waals surface area contributed by atoms with E-state index in [2.05, 4.69) is 10.2 Å². The van der Waals surface area contributed by atoms with E-state index >= 15 is 0 Å². The van der Waals surface area contributed by atoms with Gasteiger partial charge in [0, 0.05) is 6.42 Å². The van der Waals surface area contributed by atoms with Gasteiger partial charge in [-0.2, -0.15) is 15.5 Å². The molecule has 0 fully saturated rings. The number of rotatable bonds is 11. The molecule has 2 N–H and O–H groups in total. The Labute approximate surface area is 212 Å². The first-order valence-corrected chi connectivity index (χ1v) is 11.3. The van der Waals surface area contributed by atoms with Crippen molar-refractivity contribution in [1.29, 1.82) is 5.26 Å². The number of carbonyl (C=O) groups is 3. The van der Waals surface area contributed by atoms with Crippen LogP contribution in [0.5, 0.6) is 11.5 Å². The SMILES string of the molecule is CC(CCCC(=O)Oc1c(C(=O)O)cccc1C(=O)O)Oc1ccc(N=Nc2ccc(C#N)cc2)cc1. The van der Waals surface area contributed by atoms with Crippen molar-refractivity contribution in [3.8, 4) is 17.6 Å². The Morgan fingerprint density at radius 2 is 1.43 bits per heavy atom. The normalized spacial score (nSPS) is 11.5. The molecule has 0 spiro atoms. The lowest BCUT2D eigenvalue weighted by atomic mass is 10.1. The summed E-state index contributed by atoms with van der Waals surface area (Å²) in [5.41, 5.74) is 0.989. The molecule has 188 valence electrons. The lowest BCUT2D eigenvalue weighted by Crippen LogP contribution is -2.16. The average Bonchev–Trinajstić information content (AvgIpc) is 2.88. The monoisotopic (exact) mass is 501 g/mol. The third-order valence-electron chi connectivity index (χ3n) is 5.13. The molecule has 1 unspecified atom stereocenters. The number of hydrogen-bond donors (Lipinski definition) is 2. The second-order valence-corrected chi connectivity index (χ2v) is 7.94. The Morgan fingerprint density at radius 3 is 1.95 bits per heavy atom. The van der Waals surface area contributed by atoms with Crippen molar-refractivity contribution in [2.24, 2.45) is 10.2 Å². The number of nitriles is 1. The van der Waals surface area contributed by atoms with Gasteiger partial charge in [-0.25, -0.2) is 9.59 Å². The molecular formula is C27H23N3O7. The van der Waals surface area contributed by atoms with E-state index in [0.717, 1.165) is 0 Å². The summed E-state index contributed by atoms with van der Waals surface area (Å²) >= 11 is 0. The van der Waals surface area contributed by atoms with Gasteiger partial charge in [-0.15, -0.1) is 0 Å². The van der Waals surface area contributed by atoms with Crippen LogP contribution in [-0.2, 0) is 4.79 Å². The van der Waals surface area contributed by atoms with Crippen molar-refractivity contribution in [3.05, 3.63) is 83.4 Å². The molecule has 0 aliphatic carbocycles. The largest absolute Gasteiger partial charge is 0.491 e. The highest BCUT2D eigenvalue weighted by atomic mass is 16.5. The third-order valence-corrected chi connectivity index (χ3v) is 5.13. The van der Waals surface area contributed by atoms with Gasteiger partial charge in [0.15, 0.2) is 5.75 Å². The van der Waals surface area contributed by atoms with Crippen LogP contribution in [0.25, 0.3) is 0 Å². The van der Waals surface area contributed by atoms with Crippen LogP contribution in [0.15, 0.2) is 77.0 Å². The van der Waals surface area contributed by atoms with E-state index in [4.69, 9.17) is 14.7 Å². The van der Waals surface area contributed by atoms with Crippen molar-refractivity contribution in [3.63, 3.8) is 0 Å². The van der Waals surface area contributed by atoms with Crippen molar-refractivity contribution in [1.82, 2.24) is 0 Å². The van der Waals surface area contributed by atoms with E-state index in [9.17, 15) is 24.6 Å². The van der Waals surface area contributed by atoms with Crippen molar-refractivity contribution < 1.29 is 34.1 Å². The number of benzene rings is 3. The number of para-hydroxylation sites is 1. The Morgan fingerprint density at radius 1 is 0.892 bits per heavy atom. The van der Waals surface area contributed by atoms with Gasteiger partial charge in [0.25, 0.3) is 0 Å². The van der Waals surface area contributed by atoms with Crippen LogP contribution in [0.1, 0.15) is 52.5 Å². The Kier molecular flexibility index (Phi) is 9.05. The number of nitrogens with zero attached hydrogens (tertiary/aromatic N) is 3. The molecular weight excluding hydrogens is 478 g/mol. The number of esters is 1. The van der Waals surface area contributed by atoms with E-state index in [1.165, 1.54) is 18.2 Å². The van der Waals surface area contributed by atoms with Crippen LogP contribution >= 0.6 is 0 Å². The zero-order chi connectivity index (χ0) is 26.8. The van der Waals surface area contributed by atoms with Gasteiger partial charge < -0.3 is 19.7 Å². The van der Waals surface area contributed by atoms with Crippen molar-refractivity contribution in [2.45, 2.75) is 32.3 Å². The van der Waals surface area contributed by atoms with E-state index < -0.39 is 34.8 Å². The van der Waals surface area contributed by atoms with Gasteiger partial charge in [0.05, 0.1) is 29.1 Å². The van der Waals surface area contributed by atoms with Crippen LogP contribution in [0.2, 0.25) is 0 Å². The molecule has 0 amide bonds. The van der Waals surface area contributed by atoms with Crippen molar-refractivity contribution >= 4 is 29.3 Å². The number of hydrogen-bond acceptors (Lipinski definition) is 8. The maximum absolute atomic E-state index is 12.3. The lowest BCUT2D eigenvalue weighted by molar-refractivity contribution is -0.134. The predicted molar refractivity (Wildman–Crippen MR) is 132 cm³/mol. The molecule has 37 heavy (non-hydrogen) atoms. The summed E-state index contributed by atoms with van der Waals surface area (Å²) in [7, 11) is 0. The molecule has 10 nitrogen and oxygen atoms in total. The number of ether oxygens (including phenoxy) is 2. The van der Waals surface area contributed by atoms with Gasteiger partial charge in [0.2, 0.25) is 0 Å². The Bertz CT molecular complexity index is 1310. The van der Waals surface area contributed by atoms with Gasteiger partial charge in [-0.1, -0.05) is 6.07 Å². The second-order valence-electron chi connectivity index (χ2n) is 7.94. The fraction of sp³-hybridized carbons (Fsp3) is 0.185. The summed E-state index contributed by atoms with van der Waals surface area (Å²) < 4.78 is 11.0.